The van der Waals surface area contributed by atoms with E-state index >= 15 is 0 Å². The van der Waals surface area contributed by atoms with Crippen molar-refractivity contribution in [3.05, 3.63) is 89.3 Å². The molecule has 0 bridgehead atoms. The molecule has 0 saturated carbocycles. The molecule has 0 aromatic heterocycles. The van der Waals surface area contributed by atoms with Crippen LogP contribution in [0.25, 0.3) is 12.3 Å². The zero-order valence-electron chi connectivity index (χ0n) is 20.2. The first-order chi connectivity index (χ1) is 16.9. The number of ether oxygens (including phenoxy) is 3. The van der Waals surface area contributed by atoms with E-state index < -0.39 is 0 Å². The molecule has 0 spiro atoms. The Morgan fingerprint density at radius 1 is 0.943 bits per heavy atom. The molecule has 7 nitrogen and oxygen atoms in total. The maximum atomic E-state index is 12.4. The molecule has 0 saturated heterocycles. The first-order valence-corrected chi connectivity index (χ1v) is 10.9. The number of amides is 1. The molecule has 3 rings (SSSR count). The monoisotopic (exact) mass is 472 g/mol. The van der Waals surface area contributed by atoms with Gasteiger partial charge in [-0.1, -0.05) is 36.0 Å². The summed E-state index contributed by atoms with van der Waals surface area (Å²) in [6.45, 7) is 7.58. The van der Waals surface area contributed by atoms with E-state index in [1.54, 1.807) is 63.6 Å². The maximum absolute atomic E-state index is 12.4. The number of anilines is 1. The fourth-order valence-electron chi connectivity index (χ4n) is 3.08. The molecule has 1 amide bonds. The molecular weight excluding hydrogens is 444 g/mol. The minimum absolute atomic E-state index is 0.189. The van der Waals surface area contributed by atoms with Crippen molar-refractivity contribution in [3.63, 3.8) is 0 Å². The average Bonchev–Trinajstić information content (AvgIpc) is 2.88. The Morgan fingerprint density at radius 3 is 2.23 bits per heavy atom. The number of methoxy groups -OCH3 is 2. The fraction of sp³-hybridized carbons (Fsp3) is 0.143. The van der Waals surface area contributed by atoms with E-state index in [1.165, 1.54) is 0 Å². The van der Waals surface area contributed by atoms with E-state index in [0.29, 0.717) is 34.4 Å². The lowest BCUT2D eigenvalue weighted by Gasteiger charge is -2.11. The number of nitrogens with one attached hydrogen (secondary N) is 1. The summed E-state index contributed by atoms with van der Waals surface area (Å²) >= 11 is 0. The molecule has 0 aliphatic heterocycles. The van der Waals surface area contributed by atoms with E-state index in [1.807, 2.05) is 43.3 Å². The number of oxime groups is 1. The van der Waals surface area contributed by atoms with Crippen LogP contribution in [0.2, 0.25) is 0 Å². The largest absolute Gasteiger partial charge is 0.493 e. The number of benzene rings is 3. The lowest BCUT2D eigenvalue weighted by molar-refractivity contribution is -0.110. The predicted molar refractivity (Wildman–Crippen MR) is 138 cm³/mol. The van der Waals surface area contributed by atoms with Gasteiger partial charge in [0.1, 0.15) is 17.2 Å². The van der Waals surface area contributed by atoms with Crippen molar-refractivity contribution in [3.8, 4) is 23.0 Å². The number of nitrogens with zero attached hydrogens (tertiary/aromatic N) is 1. The topological polar surface area (TPSA) is 78.4 Å². The van der Waals surface area contributed by atoms with Crippen molar-refractivity contribution >= 4 is 29.6 Å². The summed E-state index contributed by atoms with van der Waals surface area (Å²) in [6.07, 6.45) is 3.72. The highest BCUT2D eigenvalue weighted by Gasteiger charge is 2.09. The Balaban J connectivity index is 1.76. The maximum Gasteiger partial charge on any atom is 0.273 e. The fourth-order valence-corrected chi connectivity index (χ4v) is 3.08. The number of para-hydroxylation sites is 1. The van der Waals surface area contributed by atoms with Gasteiger partial charge in [-0.15, -0.1) is 0 Å². The Kier molecular flexibility index (Phi) is 8.67. The van der Waals surface area contributed by atoms with Crippen LogP contribution in [0.4, 0.5) is 5.69 Å². The van der Waals surface area contributed by atoms with Gasteiger partial charge in [0.05, 0.1) is 14.2 Å². The Morgan fingerprint density at radius 2 is 1.60 bits per heavy atom. The minimum atomic E-state index is -0.372. The van der Waals surface area contributed by atoms with Gasteiger partial charge in [0.25, 0.3) is 5.91 Å². The zero-order chi connectivity index (χ0) is 25.2. The van der Waals surface area contributed by atoms with E-state index in [0.717, 1.165) is 10.4 Å². The van der Waals surface area contributed by atoms with Crippen molar-refractivity contribution < 1.29 is 23.8 Å². The van der Waals surface area contributed by atoms with Crippen LogP contribution in [-0.4, -0.2) is 25.8 Å². The summed E-state index contributed by atoms with van der Waals surface area (Å²) in [4.78, 5) is 17.7. The molecule has 0 atom stereocenters. The Bertz CT molecular complexity index is 1330. The highest BCUT2D eigenvalue weighted by Crippen LogP contribution is 2.23. The molecule has 180 valence electrons. The average molecular weight is 473 g/mol. The predicted octanol–water partition coefficient (Wildman–Crippen LogP) is 4.27. The molecule has 35 heavy (non-hydrogen) atoms. The van der Waals surface area contributed by atoms with Gasteiger partial charge < -0.3 is 24.4 Å². The van der Waals surface area contributed by atoms with Gasteiger partial charge in [-0.05, 0) is 73.7 Å². The van der Waals surface area contributed by atoms with Crippen LogP contribution in [-0.2, 0) is 4.79 Å². The molecule has 0 unspecified atom stereocenters. The van der Waals surface area contributed by atoms with Crippen molar-refractivity contribution in [2.24, 2.45) is 5.16 Å². The molecule has 3 aromatic rings. The summed E-state index contributed by atoms with van der Waals surface area (Å²) in [5, 5.41) is 8.16. The molecule has 0 fully saturated rings. The number of carbonyl (C=O) groups excluding carboxylic acids is 1. The molecule has 0 heterocycles. The number of hydrogen-bond acceptors (Lipinski definition) is 6. The molecule has 0 radical (unpaired) electrons. The number of allylic oxidation sites excluding steroid dienone is 1. The molecule has 7 heteroatoms. The minimum Gasteiger partial charge on any atom is -0.493 e. The van der Waals surface area contributed by atoms with Gasteiger partial charge in [0, 0.05) is 10.9 Å². The summed E-state index contributed by atoms with van der Waals surface area (Å²) < 4.78 is 16.9. The van der Waals surface area contributed by atoms with Crippen molar-refractivity contribution in [2.45, 2.75) is 13.8 Å². The third-order valence-corrected chi connectivity index (χ3v) is 4.89. The third kappa shape index (κ3) is 6.74. The van der Waals surface area contributed by atoms with Gasteiger partial charge in [-0.25, -0.2) is 0 Å². The summed E-state index contributed by atoms with van der Waals surface area (Å²) in [5.74, 6) is 2.53. The molecule has 1 N–H and O–H groups in total. The third-order valence-electron chi connectivity index (χ3n) is 4.89. The van der Waals surface area contributed by atoms with Crippen molar-refractivity contribution in [1.82, 2.24) is 0 Å². The van der Waals surface area contributed by atoms with Gasteiger partial charge >= 0.3 is 0 Å². The van der Waals surface area contributed by atoms with Gasteiger partial charge in [0.2, 0.25) is 0 Å². The van der Waals surface area contributed by atoms with Crippen LogP contribution in [0.15, 0.2) is 84.0 Å². The second-order valence-electron chi connectivity index (χ2n) is 7.39. The van der Waals surface area contributed by atoms with E-state index in [-0.39, 0.29) is 11.6 Å². The first-order valence-electron chi connectivity index (χ1n) is 10.9. The first kappa shape index (κ1) is 25.1. The Labute approximate surface area is 204 Å². The van der Waals surface area contributed by atoms with Crippen LogP contribution in [0, 0.1) is 0 Å². The number of hydrogen-bond donors (Lipinski definition) is 1. The second-order valence-corrected chi connectivity index (χ2v) is 7.39. The van der Waals surface area contributed by atoms with Gasteiger partial charge in [0.15, 0.2) is 17.2 Å². The van der Waals surface area contributed by atoms with Crippen LogP contribution in [0.3, 0.4) is 0 Å². The molecular formula is C28H28N2O5. The second kappa shape index (κ2) is 12.1. The summed E-state index contributed by atoms with van der Waals surface area (Å²) in [7, 11) is 3.15. The number of rotatable bonds is 9. The lowest BCUT2D eigenvalue weighted by Crippen LogP contribution is -2.27. The van der Waals surface area contributed by atoms with Crippen LogP contribution in [0.1, 0.15) is 13.8 Å². The van der Waals surface area contributed by atoms with Gasteiger partial charge in [-0.2, -0.15) is 0 Å². The zero-order valence-corrected chi connectivity index (χ0v) is 20.2. The summed E-state index contributed by atoms with van der Waals surface area (Å²) in [6, 6.07) is 19.7. The van der Waals surface area contributed by atoms with Crippen molar-refractivity contribution in [2.75, 3.05) is 19.5 Å². The normalized spacial score (nSPS) is 12.2. The number of carbonyl (C=O) groups is 1. The Hall–Kier alpha value is -4.52. The molecule has 0 aliphatic carbocycles. The van der Waals surface area contributed by atoms with E-state index in [4.69, 9.17) is 19.0 Å². The van der Waals surface area contributed by atoms with Crippen LogP contribution in [0.5, 0.6) is 23.0 Å². The molecule has 0 aliphatic rings. The van der Waals surface area contributed by atoms with Crippen LogP contribution < -0.4 is 34.8 Å². The van der Waals surface area contributed by atoms with Gasteiger partial charge in [-0.3, -0.25) is 4.79 Å². The highest BCUT2D eigenvalue weighted by atomic mass is 16.6. The SMILES string of the molecule is C=c1cc(OC)c(OC)c/c1=C(/C=C\C)Oc1ccc(NC(=O)/C(C)=N/Oc2ccccc2)cc1. The van der Waals surface area contributed by atoms with E-state index in [9.17, 15) is 4.79 Å². The quantitative estimate of drug-likeness (QED) is 0.372. The smallest absolute Gasteiger partial charge is 0.273 e. The summed E-state index contributed by atoms with van der Waals surface area (Å²) in [5.41, 5.74) is 0.780. The highest BCUT2D eigenvalue weighted by molar-refractivity contribution is 6.42. The van der Waals surface area contributed by atoms with Crippen LogP contribution >= 0.6 is 0 Å². The van der Waals surface area contributed by atoms with Crippen molar-refractivity contribution in [1.29, 1.82) is 0 Å². The standard InChI is InChI=1S/C28H28N2O5/c1-6-10-25(24-18-27(33-5)26(32-4)17-19(24)2)34-22-15-13-21(14-16-22)29-28(31)20(3)30-35-23-11-8-7-9-12-23/h6-18H,2H2,1,3-5H3,(H,29,31)/b10-6-,25-24+,30-20+. The lowest BCUT2D eigenvalue weighted by atomic mass is 10.2. The van der Waals surface area contributed by atoms with E-state index in [2.05, 4.69) is 17.1 Å². The molecule has 3 aromatic carbocycles.